The van der Waals surface area contributed by atoms with E-state index in [-0.39, 0.29) is 22.8 Å². The van der Waals surface area contributed by atoms with Gasteiger partial charge in [0.15, 0.2) is 0 Å². The summed E-state index contributed by atoms with van der Waals surface area (Å²) in [5, 5.41) is 36.5. The molecule has 1 aliphatic carbocycles. The van der Waals surface area contributed by atoms with Gasteiger partial charge in [-0.15, -0.1) is 0 Å². The Morgan fingerprint density at radius 3 is 2.43 bits per heavy atom. The van der Waals surface area contributed by atoms with Gasteiger partial charge in [0.1, 0.15) is 23.5 Å². The lowest BCUT2D eigenvalue weighted by Crippen LogP contribution is -2.48. The first-order valence-corrected chi connectivity index (χ1v) is 12.7. The number of nitrogens with one attached hydrogen (secondary N) is 2. The normalized spacial score (nSPS) is 20.6. The number of hydrogen-bond donors (Lipinski definition) is 6. The van der Waals surface area contributed by atoms with Crippen molar-refractivity contribution in [3.05, 3.63) is 82.9 Å². The number of imidazole rings is 1. The maximum atomic E-state index is 13.4. The molecule has 0 amide bonds. The summed E-state index contributed by atoms with van der Waals surface area (Å²) in [4.78, 5) is 20.0. The predicted molar refractivity (Wildman–Crippen MR) is 138 cm³/mol. The Balaban J connectivity index is 2.14. The number of H-pyrrole nitrogens is 1. The molecule has 0 bridgehead atoms. The van der Waals surface area contributed by atoms with Crippen LogP contribution >= 0.6 is 0 Å². The molecule has 2 atom stereocenters. The molecule has 0 fully saturated rings. The van der Waals surface area contributed by atoms with Gasteiger partial charge in [0.25, 0.3) is 0 Å². The number of nitrogen functional groups attached to an aromatic ring is 1. The van der Waals surface area contributed by atoms with E-state index in [1.54, 1.807) is 30.3 Å². The Hall–Kier alpha value is -4.00. The number of methoxy groups -OCH3 is 1. The minimum atomic E-state index is -4.76. The number of aromatic nitrogens is 2. The van der Waals surface area contributed by atoms with Crippen molar-refractivity contribution in [1.29, 1.82) is 5.41 Å². The number of aliphatic hydroxyl groups excluding tert-OH is 2. The van der Waals surface area contributed by atoms with Crippen LogP contribution in [0.4, 0.5) is 0 Å². The number of aliphatic hydroxyl groups is 2. The van der Waals surface area contributed by atoms with E-state index in [0.717, 1.165) is 6.08 Å². The molecule has 1 aromatic heterocycles. The number of carbonyl (C=O) groups excluding carboxylic acids is 1. The van der Waals surface area contributed by atoms with Crippen molar-refractivity contribution in [3.63, 3.8) is 0 Å². The number of hydrogen-bond acceptors (Lipinski definition) is 8. The third kappa shape index (κ3) is 3.99. The van der Waals surface area contributed by atoms with Crippen LogP contribution in [0, 0.1) is 10.8 Å². The van der Waals surface area contributed by atoms with E-state index >= 15 is 0 Å². The number of rotatable bonds is 6. The summed E-state index contributed by atoms with van der Waals surface area (Å²) in [6.07, 6.45) is -0.532. The van der Waals surface area contributed by atoms with Crippen molar-refractivity contribution in [2.24, 2.45) is 16.3 Å². The average Bonchev–Trinajstić information content (AvgIpc) is 3.27. The summed E-state index contributed by atoms with van der Waals surface area (Å²) < 4.78 is 29.2. The number of nitrogens with zero attached hydrogens (tertiary/aromatic N) is 1. The zero-order chi connectivity index (χ0) is 27.3. The number of sulfonamides is 1. The van der Waals surface area contributed by atoms with E-state index in [1.807, 2.05) is 0 Å². The number of primary sulfonamides is 1. The van der Waals surface area contributed by atoms with Gasteiger partial charge in [-0.05, 0) is 49.3 Å². The van der Waals surface area contributed by atoms with Gasteiger partial charge in [0, 0.05) is 11.1 Å². The topological polar surface area (TPSA) is 205 Å². The van der Waals surface area contributed by atoms with Crippen molar-refractivity contribution in [2.75, 3.05) is 7.11 Å². The van der Waals surface area contributed by atoms with Gasteiger partial charge in [0.2, 0.25) is 14.8 Å². The highest BCUT2D eigenvalue weighted by Gasteiger charge is 2.56. The van der Waals surface area contributed by atoms with Crippen LogP contribution in [0.1, 0.15) is 30.8 Å². The van der Waals surface area contributed by atoms with Crippen molar-refractivity contribution in [2.45, 2.75) is 24.7 Å². The Labute approximate surface area is 213 Å². The fourth-order valence-corrected chi connectivity index (χ4v) is 5.58. The van der Waals surface area contributed by atoms with Crippen LogP contribution in [0.5, 0.6) is 0 Å². The minimum Gasteiger partial charge on any atom is -0.509 e. The molecule has 2 aromatic carbocycles. The number of carbonyl (C=O) groups is 1. The fourth-order valence-electron chi connectivity index (χ4n) is 4.54. The maximum absolute atomic E-state index is 13.4. The molecule has 0 aliphatic heterocycles. The first-order chi connectivity index (χ1) is 17.3. The smallest absolute Gasteiger partial charge is 0.315 e. The lowest BCUT2D eigenvalue weighted by molar-refractivity contribution is -0.149. The summed E-state index contributed by atoms with van der Waals surface area (Å²) in [7, 11) is -3.59. The molecular formula is C25H27N5O6S. The van der Waals surface area contributed by atoms with E-state index in [0.29, 0.717) is 22.2 Å². The molecular weight excluding hydrogens is 498 g/mol. The van der Waals surface area contributed by atoms with E-state index in [9.17, 15) is 23.4 Å². The molecule has 0 saturated heterocycles. The monoisotopic (exact) mass is 525 g/mol. The molecule has 2 unspecified atom stereocenters. The number of nitrogens with two attached hydrogens (primary N) is 2. The van der Waals surface area contributed by atoms with Gasteiger partial charge in [-0.1, -0.05) is 30.3 Å². The second-order valence-electron chi connectivity index (χ2n) is 9.26. The van der Waals surface area contributed by atoms with Crippen molar-refractivity contribution in [1.82, 2.24) is 9.97 Å². The average molecular weight is 526 g/mol. The van der Waals surface area contributed by atoms with Gasteiger partial charge < -0.3 is 25.7 Å². The molecule has 0 radical (unpaired) electrons. The summed E-state index contributed by atoms with van der Waals surface area (Å²) in [5.74, 6) is -2.01. The van der Waals surface area contributed by atoms with Gasteiger partial charge in [-0.2, -0.15) is 0 Å². The van der Waals surface area contributed by atoms with Crippen LogP contribution in [-0.4, -0.2) is 53.6 Å². The third-order valence-electron chi connectivity index (χ3n) is 6.63. The number of fused-ring (bicyclic) bond motifs is 1. The number of esters is 1. The first kappa shape index (κ1) is 26.1. The fraction of sp³-hybridized carbons (Fsp3) is 0.240. The van der Waals surface area contributed by atoms with Crippen molar-refractivity contribution < 1.29 is 28.2 Å². The summed E-state index contributed by atoms with van der Waals surface area (Å²) >= 11 is 0. The molecule has 0 saturated carbocycles. The van der Waals surface area contributed by atoms with E-state index in [4.69, 9.17) is 21.0 Å². The van der Waals surface area contributed by atoms with E-state index in [1.165, 1.54) is 39.2 Å². The van der Waals surface area contributed by atoms with Gasteiger partial charge >= 0.3 is 5.97 Å². The zero-order valence-corrected chi connectivity index (χ0v) is 21.1. The second-order valence-corrected chi connectivity index (χ2v) is 11.0. The van der Waals surface area contributed by atoms with Crippen LogP contribution in [-0.2, 0) is 24.3 Å². The third-order valence-corrected chi connectivity index (χ3v) is 8.03. The molecule has 11 nitrogen and oxygen atoms in total. The van der Waals surface area contributed by atoms with Crippen LogP contribution < -0.4 is 10.9 Å². The number of ether oxygens (including phenoxy) is 1. The lowest BCUT2D eigenvalue weighted by Gasteiger charge is -2.39. The minimum absolute atomic E-state index is 0.0603. The lowest BCUT2D eigenvalue weighted by atomic mass is 9.72. The number of benzene rings is 2. The summed E-state index contributed by atoms with van der Waals surface area (Å²) in [6.45, 7) is 2.93. The Kier molecular flexibility index (Phi) is 6.23. The molecule has 12 heteroatoms. The van der Waals surface area contributed by atoms with Crippen LogP contribution in [0.3, 0.4) is 0 Å². The van der Waals surface area contributed by atoms with Crippen molar-refractivity contribution >= 4 is 38.4 Å². The Morgan fingerprint density at radius 1 is 1.22 bits per heavy atom. The van der Waals surface area contributed by atoms with Gasteiger partial charge in [-0.25, -0.2) is 18.5 Å². The number of aromatic amines is 1. The van der Waals surface area contributed by atoms with Gasteiger partial charge in [-0.3, -0.25) is 10.2 Å². The largest absolute Gasteiger partial charge is 0.509 e. The Bertz CT molecular complexity index is 1590. The quantitative estimate of drug-likeness (QED) is 0.121. The van der Waals surface area contributed by atoms with Gasteiger partial charge in [0.05, 0.1) is 23.6 Å². The highest BCUT2D eigenvalue weighted by molar-refractivity contribution is 7.90. The molecule has 37 heavy (non-hydrogen) atoms. The molecule has 8 N–H and O–H groups in total. The standard InChI is InChI=1S/C25H27N5O6S/c1-24(2,23(33)36-3)15-12-25(37(28,34)35,20(32)18(19(15)31)13-7-5-4-6-8-13)22-29-16-10-9-14(21(26)27)11-17(16)30-22/h4-12,19,31-32H,1-3H3,(H3,26,27)(H,29,30)(H2,28,34,35). The predicted octanol–water partition coefficient (Wildman–Crippen LogP) is 1.80. The molecule has 1 heterocycles. The van der Waals surface area contributed by atoms with Crippen LogP contribution in [0.15, 0.2) is 65.9 Å². The molecule has 0 spiro atoms. The Morgan fingerprint density at radius 2 is 1.86 bits per heavy atom. The highest BCUT2D eigenvalue weighted by atomic mass is 32.2. The summed E-state index contributed by atoms with van der Waals surface area (Å²) in [6, 6.07) is 12.7. The second kappa shape index (κ2) is 8.83. The highest BCUT2D eigenvalue weighted by Crippen LogP contribution is 2.50. The summed E-state index contributed by atoms with van der Waals surface area (Å²) in [5.41, 5.74) is 5.14. The maximum Gasteiger partial charge on any atom is 0.315 e. The SMILES string of the molecule is COC(=O)C(C)(C)C1=CC(c2nc3ccc(C(=N)N)cc3[nH]2)(S(N)(=O)=O)C(O)=C(c2ccccc2)C1O. The molecule has 3 aromatic rings. The molecule has 1 aliphatic rings. The van der Waals surface area contributed by atoms with Crippen molar-refractivity contribution in [3.8, 4) is 0 Å². The van der Waals surface area contributed by atoms with Crippen LogP contribution in [0.25, 0.3) is 16.6 Å². The first-order valence-electron chi connectivity index (χ1n) is 11.1. The molecule has 4 rings (SSSR count). The van der Waals surface area contributed by atoms with Crippen LogP contribution in [0.2, 0.25) is 0 Å². The zero-order valence-electron chi connectivity index (χ0n) is 20.3. The van der Waals surface area contributed by atoms with E-state index < -0.39 is 38.0 Å². The van der Waals surface area contributed by atoms with E-state index in [2.05, 4.69) is 9.97 Å². The molecule has 194 valence electrons. The number of amidine groups is 1.